The summed E-state index contributed by atoms with van der Waals surface area (Å²) in [4.78, 5) is 29.6. The molecule has 2 aromatic rings. The van der Waals surface area contributed by atoms with Crippen molar-refractivity contribution in [2.75, 3.05) is 31.6 Å². The second-order valence-electron chi connectivity index (χ2n) is 6.87. The second kappa shape index (κ2) is 9.27. The lowest BCUT2D eigenvalue weighted by Crippen LogP contribution is -2.42. The summed E-state index contributed by atoms with van der Waals surface area (Å²) in [6.07, 6.45) is 1.75. The number of likely N-dealkylation sites (tertiary alicyclic amines) is 1. The Morgan fingerprint density at radius 2 is 2.14 bits per heavy atom. The molecule has 0 spiro atoms. The molecular formula is C20H24N4O4. The van der Waals surface area contributed by atoms with Gasteiger partial charge in [0.05, 0.1) is 10.8 Å². The third-order valence-electron chi connectivity index (χ3n) is 4.74. The summed E-state index contributed by atoms with van der Waals surface area (Å²) in [5, 5.41) is 13.9. The van der Waals surface area contributed by atoms with Crippen molar-refractivity contribution < 1.29 is 14.5 Å². The molecule has 8 heteroatoms. The third kappa shape index (κ3) is 5.26. The van der Waals surface area contributed by atoms with E-state index < -0.39 is 4.92 Å². The van der Waals surface area contributed by atoms with Gasteiger partial charge >= 0.3 is 5.69 Å². The fraction of sp³-hybridized carbons (Fsp3) is 0.400. The van der Waals surface area contributed by atoms with Gasteiger partial charge in [-0.2, -0.15) is 0 Å². The van der Waals surface area contributed by atoms with Crippen molar-refractivity contribution in [1.82, 2.24) is 9.88 Å². The highest BCUT2D eigenvalue weighted by Gasteiger charge is 2.26. The van der Waals surface area contributed by atoms with Gasteiger partial charge in [-0.1, -0.05) is 18.2 Å². The molecular weight excluding hydrogens is 360 g/mol. The zero-order valence-electron chi connectivity index (χ0n) is 15.8. The summed E-state index contributed by atoms with van der Waals surface area (Å²) < 4.78 is 5.61. The van der Waals surface area contributed by atoms with Crippen molar-refractivity contribution in [2.45, 2.75) is 19.8 Å². The largest absolute Gasteiger partial charge is 0.485 e. The predicted molar refractivity (Wildman–Crippen MR) is 105 cm³/mol. The van der Waals surface area contributed by atoms with Crippen LogP contribution in [0.15, 0.2) is 42.5 Å². The summed E-state index contributed by atoms with van der Waals surface area (Å²) in [6, 6.07) is 11.9. The number of para-hydroxylation sites is 2. The Balaban J connectivity index is 1.50. The van der Waals surface area contributed by atoms with Gasteiger partial charge in [-0.3, -0.25) is 19.8 Å². The number of nitro groups is 1. The topological polar surface area (TPSA) is 97.6 Å². The van der Waals surface area contributed by atoms with E-state index in [9.17, 15) is 14.9 Å². The molecule has 1 aromatic heterocycles. The normalized spacial score (nSPS) is 17.1. The Kier molecular flexibility index (Phi) is 6.54. The van der Waals surface area contributed by atoms with Crippen LogP contribution >= 0.6 is 0 Å². The monoisotopic (exact) mass is 384 g/mol. The van der Waals surface area contributed by atoms with E-state index in [2.05, 4.69) is 15.2 Å². The van der Waals surface area contributed by atoms with Crippen molar-refractivity contribution in [3.8, 4) is 5.75 Å². The lowest BCUT2D eigenvalue weighted by Gasteiger charge is -2.31. The summed E-state index contributed by atoms with van der Waals surface area (Å²) in [6.45, 7) is 4.34. The number of amides is 1. The van der Waals surface area contributed by atoms with E-state index in [-0.39, 0.29) is 23.3 Å². The first-order valence-corrected chi connectivity index (χ1v) is 9.36. The molecule has 0 bridgehead atoms. The molecule has 1 unspecified atom stereocenters. The van der Waals surface area contributed by atoms with E-state index in [4.69, 9.17) is 4.74 Å². The highest BCUT2D eigenvalue weighted by Crippen LogP contribution is 2.26. The molecule has 0 saturated carbocycles. The minimum atomic E-state index is -0.448. The van der Waals surface area contributed by atoms with Crippen molar-refractivity contribution in [2.24, 2.45) is 5.92 Å². The molecule has 1 saturated heterocycles. The van der Waals surface area contributed by atoms with Gasteiger partial charge in [-0.15, -0.1) is 0 Å². The van der Waals surface area contributed by atoms with Gasteiger partial charge in [0.25, 0.3) is 0 Å². The number of benzene rings is 1. The minimum absolute atomic E-state index is 0.0255. The van der Waals surface area contributed by atoms with Gasteiger partial charge in [0.1, 0.15) is 12.4 Å². The Labute approximate surface area is 163 Å². The van der Waals surface area contributed by atoms with Crippen LogP contribution in [-0.4, -0.2) is 47.0 Å². The van der Waals surface area contributed by atoms with Crippen LogP contribution in [-0.2, 0) is 4.79 Å². The first-order chi connectivity index (χ1) is 13.5. The Morgan fingerprint density at radius 3 is 2.93 bits per heavy atom. The number of nitro benzene ring substituents is 1. The zero-order chi connectivity index (χ0) is 19.9. The lowest BCUT2D eigenvalue weighted by molar-refractivity contribution is -0.385. The number of rotatable bonds is 7. The Morgan fingerprint density at radius 1 is 1.32 bits per heavy atom. The number of aromatic nitrogens is 1. The molecule has 1 fully saturated rings. The minimum Gasteiger partial charge on any atom is -0.485 e. The van der Waals surface area contributed by atoms with E-state index in [0.29, 0.717) is 25.5 Å². The van der Waals surface area contributed by atoms with Crippen LogP contribution in [0.3, 0.4) is 0 Å². The molecule has 0 aliphatic carbocycles. The molecule has 1 aliphatic heterocycles. The van der Waals surface area contributed by atoms with Crippen LogP contribution in [0.4, 0.5) is 11.5 Å². The smallest absolute Gasteiger partial charge is 0.310 e. The molecule has 1 aliphatic rings. The van der Waals surface area contributed by atoms with Crippen LogP contribution in [0.5, 0.6) is 5.75 Å². The van der Waals surface area contributed by atoms with Crippen molar-refractivity contribution >= 4 is 17.4 Å². The summed E-state index contributed by atoms with van der Waals surface area (Å²) in [5.41, 5.74) is 0.819. The molecule has 3 rings (SSSR count). The standard InChI is InChI=1S/C20H24N4O4/c1-15-6-4-10-19(21-15)22-20(25)16-7-5-11-23(14-16)12-13-28-18-9-3-2-8-17(18)24(26)27/h2-4,6,8-10,16H,5,7,11-14H2,1H3,(H,21,22,25). The number of hydrogen-bond donors (Lipinski definition) is 1. The highest BCUT2D eigenvalue weighted by molar-refractivity contribution is 5.91. The van der Waals surface area contributed by atoms with Crippen LogP contribution in [0, 0.1) is 23.0 Å². The van der Waals surface area contributed by atoms with Gasteiger partial charge in [0.2, 0.25) is 5.91 Å². The van der Waals surface area contributed by atoms with Gasteiger partial charge < -0.3 is 10.1 Å². The number of carbonyl (C=O) groups excluding carboxylic acids is 1. The third-order valence-corrected chi connectivity index (χ3v) is 4.74. The van der Waals surface area contributed by atoms with Crippen molar-refractivity contribution in [1.29, 1.82) is 0 Å². The molecule has 28 heavy (non-hydrogen) atoms. The number of piperidine rings is 1. The molecule has 1 aromatic carbocycles. The number of nitrogens with one attached hydrogen (secondary N) is 1. The molecule has 1 atom stereocenters. The summed E-state index contributed by atoms with van der Waals surface area (Å²) in [7, 11) is 0. The average molecular weight is 384 g/mol. The van der Waals surface area contributed by atoms with Gasteiger partial charge in [-0.05, 0) is 44.5 Å². The number of anilines is 1. The van der Waals surface area contributed by atoms with E-state index in [1.54, 1.807) is 24.3 Å². The Bertz CT molecular complexity index is 842. The van der Waals surface area contributed by atoms with Crippen molar-refractivity contribution in [3.05, 3.63) is 58.3 Å². The SMILES string of the molecule is Cc1cccc(NC(=O)C2CCCN(CCOc3ccccc3[N+](=O)[O-])C2)n1. The maximum atomic E-state index is 12.6. The number of pyridine rings is 1. The molecule has 0 radical (unpaired) electrons. The number of hydrogen-bond acceptors (Lipinski definition) is 6. The molecule has 8 nitrogen and oxygen atoms in total. The van der Waals surface area contributed by atoms with Crippen LogP contribution in [0.1, 0.15) is 18.5 Å². The highest BCUT2D eigenvalue weighted by atomic mass is 16.6. The van der Waals surface area contributed by atoms with Crippen LogP contribution in [0.2, 0.25) is 0 Å². The quantitative estimate of drug-likeness (QED) is 0.582. The number of nitrogens with zero attached hydrogens (tertiary/aromatic N) is 3. The summed E-state index contributed by atoms with van der Waals surface area (Å²) in [5.74, 6) is 0.704. The van der Waals surface area contributed by atoms with E-state index in [1.807, 2.05) is 19.1 Å². The van der Waals surface area contributed by atoms with E-state index in [0.717, 1.165) is 25.1 Å². The van der Waals surface area contributed by atoms with Gasteiger partial charge in [0, 0.05) is 24.8 Å². The number of carbonyl (C=O) groups is 1. The first kappa shape index (κ1) is 19.8. The fourth-order valence-corrected chi connectivity index (χ4v) is 3.33. The predicted octanol–water partition coefficient (Wildman–Crippen LogP) is 3.03. The van der Waals surface area contributed by atoms with Crippen LogP contribution < -0.4 is 10.1 Å². The lowest BCUT2D eigenvalue weighted by atomic mass is 9.97. The maximum Gasteiger partial charge on any atom is 0.310 e. The van der Waals surface area contributed by atoms with Gasteiger partial charge in [-0.25, -0.2) is 4.98 Å². The fourth-order valence-electron chi connectivity index (χ4n) is 3.33. The van der Waals surface area contributed by atoms with Crippen molar-refractivity contribution in [3.63, 3.8) is 0 Å². The molecule has 1 N–H and O–H groups in total. The second-order valence-corrected chi connectivity index (χ2v) is 6.87. The van der Waals surface area contributed by atoms with Crippen LogP contribution in [0.25, 0.3) is 0 Å². The summed E-state index contributed by atoms with van der Waals surface area (Å²) >= 11 is 0. The van der Waals surface area contributed by atoms with Gasteiger partial charge in [0.15, 0.2) is 5.75 Å². The van der Waals surface area contributed by atoms with E-state index >= 15 is 0 Å². The number of aryl methyl sites for hydroxylation is 1. The average Bonchev–Trinajstić information content (AvgIpc) is 2.68. The van der Waals surface area contributed by atoms with E-state index in [1.165, 1.54) is 6.07 Å². The number of ether oxygens (including phenoxy) is 1. The maximum absolute atomic E-state index is 12.6. The Hall–Kier alpha value is -3.00. The first-order valence-electron chi connectivity index (χ1n) is 9.36. The molecule has 1 amide bonds. The molecule has 2 heterocycles. The zero-order valence-corrected chi connectivity index (χ0v) is 15.8. The molecule has 148 valence electrons.